The molecule has 1 aliphatic heterocycles. The van der Waals surface area contributed by atoms with Gasteiger partial charge in [0.2, 0.25) is 17.7 Å². The lowest BCUT2D eigenvalue weighted by atomic mass is 9.72. The molecule has 1 N–H and O–H groups in total. The zero-order valence-corrected chi connectivity index (χ0v) is 15.0. The summed E-state index contributed by atoms with van der Waals surface area (Å²) in [5, 5.41) is 11.0. The van der Waals surface area contributed by atoms with E-state index in [-0.39, 0.29) is 12.5 Å². The summed E-state index contributed by atoms with van der Waals surface area (Å²) in [5.74, 6) is 1.10. The van der Waals surface area contributed by atoms with Gasteiger partial charge in [0.25, 0.3) is 0 Å². The van der Waals surface area contributed by atoms with Crippen LogP contribution in [0.3, 0.4) is 0 Å². The van der Waals surface area contributed by atoms with Gasteiger partial charge in [-0.05, 0) is 38.0 Å². The minimum absolute atomic E-state index is 0.0469. The normalized spacial score (nSPS) is 17.4. The molecule has 0 saturated carbocycles. The van der Waals surface area contributed by atoms with Crippen molar-refractivity contribution in [3.8, 4) is 0 Å². The quantitative estimate of drug-likeness (QED) is 0.872. The first-order valence-electron chi connectivity index (χ1n) is 9.05. The summed E-state index contributed by atoms with van der Waals surface area (Å²) in [7, 11) is 0. The highest BCUT2D eigenvalue weighted by molar-refractivity contribution is 5.88. The predicted octanol–water partition coefficient (Wildman–Crippen LogP) is 2.30. The van der Waals surface area contributed by atoms with Crippen LogP contribution in [0, 0.1) is 0 Å². The second-order valence-electron chi connectivity index (χ2n) is 6.51. The summed E-state index contributed by atoms with van der Waals surface area (Å²) in [6.07, 6.45) is 2.34. The first kappa shape index (κ1) is 17.6. The van der Waals surface area contributed by atoms with E-state index in [1.165, 1.54) is 0 Å². The van der Waals surface area contributed by atoms with E-state index in [1.54, 1.807) is 0 Å². The molecule has 25 heavy (non-hydrogen) atoms. The van der Waals surface area contributed by atoms with E-state index < -0.39 is 5.41 Å². The fourth-order valence-corrected chi connectivity index (χ4v) is 3.48. The largest absolute Gasteiger partial charge is 0.423 e. The molecule has 0 radical (unpaired) electrons. The van der Waals surface area contributed by atoms with Gasteiger partial charge < -0.3 is 14.6 Å². The van der Waals surface area contributed by atoms with Crippen LogP contribution < -0.4 is 5.32 Å². The zero-order valence-electron chi connectivity index (χ0n) is 15.0. The number of likely N-dealkylation sites (tertiary alicyclic amines) is 1. The third-order valence-electron chi connectivity index (χ3n) is 5.13. The van der Waals surface area contributed by atoms with Crippen LogP contribution in [-0.2, 0) is 23.2 Å². The minimum atomic E-state index is -0.486. The van der Waals surface area contributed by atoms with Crippen LogP contribution in [0.4, 0.5) is 0 Å². The Bertz CT molecular complexity index is 690. The van der Waals surface area contributed by atoms with E-state index in [0.29, 0.717) is 18.2 Å². The highest BCUT2D eigenvalue weighted by Gasteiger charge is 2.42. The van der Waals surface area contributed by atoms with Gasteiger partial charge in [-0.2, -0.15) is 0 Å². The number of amides is 1. The van der Waals surface area contributed by atoms with Crippen molar-refractivity contribution in [2.45, 2.75) is 45.1 Å². The number of hydrogen-bond donors (Lipinski definition) is 1. The van der Waals surface area contributed by atoms with Crippen LogP contribution in [0.5, 0.6) is 0 Å². The molecule has 6 nitrogen and oxygen atoms in total. The molecule has 2 aromatic rings. The van der Waals surface area contributed by atoms with E-state index in [1.807, 2.05) is 25.1 Å². The van der Waals surface area contributed by atoms with E-state index in [9.17, 15) is 4.79 Å². The maximum Gasteiger partial charge on any atom is 0.235 e. The van der Waals surface area contributed by atoms with E-state index in [0.717, 1.165) is 38.0 Å². The van der Waals surface area contributed by atoms with E-state index >= 15 is 0 Å². The van der Waals surface area contributed by atoms with Gasteiger partial charge in [-0.1, -0.05) is 44.2 Å². The third kappa shape index (κ3) is 3.74. The number of aromatic nitrogens is 2. The summed E-state index contributed by atoms with van der Waals surface area (Å²) in [5.41, 5.74) is 0.601. The van der Waals surface area contributed by atoms with Gasteiger partial charge in [-0.25, -0.2) is 0 Å². The average molecular weight is 342 g/mol. The van der Waals surface area contributed by atoms with Gasteiger partial charge in [0.15, 0.2) is 0 Å². The standard InChI is InChI=1S/C19H26N4O2/c1-3-16-21-22-17(25-16)14-20-18(24)19(15-8-6-5-7-9-15)10-12-23(4-2)13-11-19/h5-9H,3-4,10-14H2,1-2H3,(H,20,24). The van der Waals surface area contributed by atoms with Crippen LogP contribution in [-0.4, -0.2) is 40.6 Å². The molecule has 0 spiro atoms. The Balaban J connectivity index is 1.76. The summed E-state index contributed by atoms with van der Waals surface area (Å²) in [6, 6.07) is 10.1. The average Bonchev–Trinajstić information content (AvgIpc) is 3.15. The molecule has 0 atom stereocenters. The van der Waals surface area contributed by atoms with Crippen molar-refractivity contribution < 1.29 is 9.21 Å². The van der Waals surface area contributed by atoms with Crippen LogP contribution in [0.2, 0.25) is 0 Å². The Morgan fingerprint density at radius 3 is 2.44 bits per heavy atom. The van der Waals surface area contributed by atoms with Crippen molar-refractivity contribution in [2.75, 3.05) is 19.6 Å². The number of carbonyl (C=O) groups excluding carboxylic acids is 1. The van der Waals surface area contributed by atoms with Gasteiger partial charge in [0, 0.05) is 6.42 Å². The molecule has 134 valence electrons. The fourth-order valence-electron chi connectivity index (χ4n) is 3.48. The number of nitrogens with one attached hydrogen (secondary N) is 1. The third-order valence-corrected chi connectivity index (χ3v) is 5.13. The van der Waals surface area contributed by atoms with E-state index in [2.05, 4.69) is 39.5 Å². The number of hydrogen-bond acceptors (Lipinski definition) is 5. The number of carbonyl (C=O) groups is 1. The molecular weight excluding hydrogens is 316 g/mol. The van der Waals surface area contributed by atoms with Gasteiger partial charge in [-0.3, -0.25) is 4.79 Å². The fraction of sp³-hybridized carbons (Fsp3) is 0.526. The second kappa shape index (κ2) is 7.78. The van der Waals surface area contributed by atoms with Crippen molar-refractivity contribution in [1.29, 1.82) is 0 Å². The van der Waals surface area contributed by atoms with Gasteiger partial charge in [0.05, 0.1) is 12.0 Å². The topological polar surface area (TPSA) is 71.3 Å². The van der Waals surface area contributed by atoms with Crippen molar-refractivity contribution >= 4 is 5.91 Å². The maximum atomic E-state index is 13.1. The Kier molecular flexibility index (Phi) is 5.48. The van der Waals surface area contributed by atoms with Gasteiger partial charge >= 0.3 is 0 Å². The number of benzene rings is 1. The van der Waals surface area contributed by atoms with Crippen LogP contribution >= 0.6 is 0 Å². The lowest BCUT2D eigenvalue weighted by molar-refractivity contribution is -0.129. The van der Waals surface area contributed by atoms with Gasteiger partial charge in [-0.15, -0.1) is 10.2 Å². The molecule has 1 aliphatic rings. The molecule has 3 rings (SSSR count). The predicted molar refractivity (Wildman–Crippen MR) is 95.0 cm³/mol. The number of nitrogens with zero attached hydrogens (tertiary/aromatic N) is 3. The highest BCUT2D eigenvalue weighted by Crippen LogP contribution is 2.35. The maximum absolute atomic E-state index is 13.1. The van der Waals surface area contributed by atoms with Crippen molar-refractivity contribution in [1.82, 2.24) is 20.4 Å². The highest BCUT2D eigenvalue weighted by atomic mass is 16.4. The smallest absolute Gasteiger partial charge is 0.235 e. The molecule has 1 fully saturated rings. The van der Waals surface area contributed by atoms with E-state index in [4.69, 9.17) is 4.42 Å². The molecule has 1 saturated heterocycles. The molecule has 0 aliphatic carbocycles. The molecule has 0 bridgehead atoms. The van der Waals surface area contributed by atoms with Crippen molar-refractivity contribution in [3.63, 3.8) is 0 Å². The van der Waals surface area contributed by atoms with Crippen LogP contribution in [0.25, 0.3) is 0 Å². The molecule has 1 amide bonds. The SMILES string of the molecule is CCc1nnc(CNC(=O)C2(c3ccccc3)CCN(CC)CC2)o1. The van der Waals surface area contributed by atoms with Crippen molar-refractivity contribution in [2.24, 2.45) is 0 Å². The summed E-state index contributed by atoms with van der Waals surface area (Å²) < 4.78 is 5.50. The Morgan fingerprint density at radius 2 is 1.84 bits per heavy atom. The van der Waals surface area contributed by atoms with Crippen LogP contribution in [0.1, 0.15) is 44.0 Å². The Morgan fingerprint density at radius 1 is 1.16 bits per heavy atom. The molecular formula is C19H26N4O2. The Labute approximate surface area is 148 Å². The molecule has 1 aromatic carbocycles. The summed E-state index contributed by atoms with van der Waals surface area (Å²) in [6.45, 7) is 7.28. The lowest BCUT2D eigenvalue weighted by Gasteiger charge is -2.40. The number of rotatable bonds is 6. The van der Waals surface area contributed by atoms with Crippen molar-refractivity contribution in [3.05, 3.63) is 47.7 Å². The molecule has 0 unspecified atom stereocenters. The Hall–Kier alpha value is -2.21. The first-order chi connectivity index (χ1) is 12.2. The monoisotopic (exact) mass is 342 g/mol. The van der Waals surface area contributed by atoms with Crippen LogP contribution in [0.15, 0.2) is 34.7 Å². The summed E-state index contributed by atoms with van der Waals surface area (Å²) >= 11 is 0. The summed E-state index contributed by atoms with van der Waals surface area (Å²) in [4.78, 5) is 15.5. The lowest BCUT2D eigenvalue weighted by Crippen LogP contribution is -2.51. The number of piperidine rings is 1. The molecule has 1 aromatic heterocycles. The first-order valence-corrected chi connectivity index (χ1v) is 9.05. The second-order valence-corrected chi connectivity index (χ2v) is 6.51. The minimum Gasteiger partial charge on any atom is -0.423 e. The zero-order chi connectivity index (χ0) is 17.7. The molecule has 6 heteroatoms. The van der Waals surface area contributed by atoms with Gasteiger partial charge in [0.1, 0.15) is 0 Å². The molecule has 2 heterocycles. The number of aryl methyl sites for hydroxylation is 1.